The van der Waals surface area contributed by atoms with Gasteiger partial charge in [-0.25, -0.2) is 4.79 Å². The van der Waals surface area contributed by atoms with Crippen molar-refractivity contribution in [2.45, 2.75) is 26.4 Å². The summed E-state index contributed by atoms with van der Waals surface area (Å²) >= 11 is 0. The maximum absolute atomic E-state index is 12.6. The number of carbonyl (C=O) groups is 1. The molecular weight excluding hydrogens is 382 g/mol. The fourth-order valence-corrected chi connectivity index (χ4v) is 2.76. The number of rotatable bonds is 6. The number of ether oxygens (including phenoxy) is 4. The summed E-state index contributed by atoms with van der Waals surface area (Å²) in [6, 6.07) is 9.41. The molecule has 0 atom stereocenters. The van der Waals surface area contributed by atoms with Crippen molar-refractivity contribution in [3.05, 3.63) is 63.6 Å². The second-order valence-electron chi connectivity index (χ2n) is 5.99. The molecule has 1 aromatic heterocycles. The van der Waals surface area contributed by atoms with Gasteiger partial charge in [-0.3, -0.25) is 4.79 Å². The molecule has 1 aliphatic rings. The maximum Gasteiger partial charge on any atom is 0.373 e. The first-order valence-electron chi connectivity index (χ1n) is 8.73. The molecule has 9 nitrogen and oxygen atoms in total. The Morgan fingerprint density at radius 3 is 2.41 bits per heavy atom. The van der Waals surface area contributed by atoms with Gasteiger partial charge in [0.2, 0.25) is 5.43 Å². The standard InChI is InChI=1S/C19H21NO6.CO2/c1-13-10-20(11-15-24-8-9-25-15)16(19(22)23-2)18(17(13)21)26-12-14-6-4-3-5-7-14;2-1-3/h3-7,10,15H,8-9,11-12H2,1-2H3;. The van der Waals surface area contributed by atoms with Gasteiger partial charge in [0.1, 0.15) is 6.61 Å². The first-order chi connectivity index (χ1) is 14.0. The topological polar surface area (TPSA) is 110 Å². The summed E-state index contributed by atoms with van der Waals surface area (Å²) in [4.78, 5) is 41.2. The SMILES string of the molecule is COC(=O)c1c(OCc2ccccc2)c(=O)c(C)cn1CC1OCCO1.O=C=O. The molecule has 0 bridgehead atoms. The third-order valence-corrected chi connectivity index (χ3v) is 4.06. The monoisotopic (exact) mass is 403 g/mol. The summed E-state index contributed by atoms with van der Waals surface area (Å²) in [5.41, 5.74) is 1.06. The van der Waals surface area contributed by atoms with E-state index in [1.807, 2.05) is 30.3 Å². The number of esters is 1. The minimum absolute atomic E-state index is 0.0290. The van der Waals surface area contributed by atoms with Gasteiger partial charge in [0.15, 0.2) is 17.7 Å². The van der Waals surface area contributed by atoms with Crippen molar-refractivity contribution in [1.82, 2.24) is 4.57 Å². The van der Waals surface area contributed by atoms with Crippen LogP contribution >= 0.6 is 0 Å². The highest BCUT2D eigenvalue weighted by atomic mass is 16.7. The average molecular weight is 403 g/mol. The Kier molecular flexibility index (Phi) is 8.29. The molecule has 3 rings (SSSR count). The minimum Gasteiger partial charge on any atom is -0.482 e. The lowest BCUT2D eigenvalue weighted by Gasteiger charge is -2.19. The van der Waals surface area contributed by atoms with Gasteiger partial charge in [0.25, 0.3) is 0 Å². The van der Waals surface area contributed by atoms with Crippen LogP contribution in [-0.4, -0.2) is 43.3 Å². The van der Waals surface area contributed by atoms with Gasteiger partial charge in [-0.15, -0.1) is 0 Å². The Bertz CT molecular complexity index is 910. The van der Waals surface area contributed by atoms with Crippen LogP contribution in [0.25, 0.3) is 0 Å². The van der Waals surface area contributed by atoms with Gasteiger partial charge in [-0.2, -0.15) is 9.59 Å². The molecule has 0 amide bonds. The van der Waals surface area contributed by atoms with Crippen LogP contribution in [0.4, 0.5) is 0 Å². The van der Waals surface area contributed by atoms with Crippen molar-refractivity contribution < 1.29 is 33.3 Å². The zero-order valence-electron chi connectivity index (χ0n) is 16.1. The lowest BCUT2D eigenvalue weighted by molar-refractivity contribution is -0.191. The van der Waals surface area contributed by atoms with Crippen molar-refractivity contribution in [3.63, 3.8) is 0 Å². The molecule has 29 heavy (non-hydrogen) atoms. The van der Waals surface area contributed by atoms with Gasteiger partial charge in [-0.1, -0.05) is 30.3 Å². The van der Waals surface area contributed by atoms with E-state index in [4.69, 9.17) is 28.5 Å². The van der Waals surface area contributed by atoms with Gasteiger partial charge >= 0.3 is 12.1 Å². The number of benzene rings is 1. The number of pyridine rings is 1. The molecule has 154 valence electrons. The van der Waals surface area contributed by atoms with E-state index in [2.05, 4.69) is 0 Å². The predicted octanol–water partition coefficient (Wildman–Crippen LogP) is 1.31. The molecule has 0 unspecified atom stereocenters. The molecule has 0 saturated carbocycles. The zero-order valence-corrected chi connectivity index (χ0v) is 16.1. The third-order valence-electron chi connectivity index (χ3n) is 4.06. The Morgan fingerprint density at radius 1 is 1.21 bits per heavy atom. The van der Waals surface area contributed by atoms with E-state index in [0.717, 1.165) is 5.56 Å². The fraction of sp³-hybridized carbons (Fsp3) is 0.350. The van der Waals surface area contributed by atoms with Crippen molar-refractivity contribution in [2.24, 2.45) is 0 Å². The van der Waals surface area contributed by atoms with Crippen molar-refractivity contribution >= 4 is 12.1 Å². The van der Waals surface area contributed by atoms with Crippen LogP contribution < -0.4 is 10.2 Å². The summed E-state index contributed by atoms with van der Waals surface area (Å²) in [5.74, 6) is -0.679. The van der Waals surface area contributed by atoms with E-state index in [-0.39, 0.29) is 36.2 Å². The molecule has 1 fully saturated rings. The first-order valence-corrected chi connectivity index (χ1v) is 8.73. The molecule has 9 heteroatoms. The van der Waals surface area contributed by atoms with Gasteiger partial charge < -0.3 is 23.5 Å². The van der Waals surface area contributed by atoms with Gasteiger partial charge in [0, 0.05) is 11.8 Å². The number of aromatic nitrogens is 1. The van der Waals surface area contributed by atoms with Crippen LogP contribution in [0, 0.1) is 6.92 Å². The number of aryl methyl sites for hydroxylation is 1. The van der Waals surface area contributed by atoms with E-state index in [9.17, 15) is 9.59 Å². The van der Waals surface area contributed by atoms with Crippen molar-refractivity contribution in [3.8, 4) is 5.75 Å². The Balaban J connectivity index is 0.000000941. The summed E-state index contributed by atoms with van der Waals surface area (Å²) in [6.45, 7) is 3.09. The molecule has 1 aromatic carbocycles. The molecule has 2 aromatic rings. The van der Waals surface area contributed by atoms with Gasteiger partial charge in [-0.05, 0) is 12.5 Å². The van der Waals surface area contributed by atoms with Crippen LogP contribution in [0.2, 0.25) is 0 Å². The summed E-state index contributed by atoms with van der Waals surface area (Å²) in [6.07, 6.45) is 1.36. The van der Waals surface area contributed by atoms with Crippen LogP contribution in [0.15, 0.2) is 41.3 Å². The van der Waals surface area contributed by atoms with Crippen LogP contribution in [0.1, 0.15) is 21.6 Å². The van der Waals surface area contributed by atoms with Gasteiger partial charge in [0.05, 0.1) is 26.9 Å². The predicted molar refractivity (Wildman–Crippen MR) is 98.3 cm³/mol. The quantitative estimate of drug-likeness (QED) is 0.664. The Morgan fingerprint density at radius 2 is 1.83 bits per heavy atom. The number of hydrogen-bond acceptors (Lipinski definition) is 8. The fourth-order valence-electron chi connectivity index (χ4n) is 2.76. The first kappa shape index (κ1) is 22.0. The highest BCUT2D eigenvalue weighted by molar-refractivity contribution is 5.90. The van der Waals surface area contributed by atoms with Crippen LogP contribution in [-0.2, 0) is 37.0 Å². The maximum atomic E-state index is 12.6. The molecule has 1 aliphatic heterocycles. The normalized spacial score (nSPS) is 13.2. The average Bonchev–Trinajstić information content (AvgIpc) is 3.23. The largest absolute Gasteiger partial charge is 0.482 e. The van der Waals surface area contributed by atoms with E-state index in [1.54, 1.807) is 17.7 Å². The van der Waals surface area contributed by atoms with Crippen molar-refractivity contribution in [2.75, 3.05) is 20.3 Å². The Hall–Kier alpha value is -3.26. The van der Waals surface area contributed by atoms with E-state index in [0.29, 0.717) is 18.8 Å². The molecule has 0 spiro atoms. The molecule has 1 saturated heterocycles. The zero-order chi connectivity index (χ0) is 21.2. The highest BCUT2D eigenvalue weighted by Crippen LogP contribution is 2.20. The van der Waals surface area contributed by atoms with Crippen LogP contribution in [0.3, 0.4) is 0 Å². The molecule has 0 aliphatic carbocycles. The smallest absolute Gasteiger partial charge is 0.373 e. The summed E-state index contributed by atoms with van der Waals surface area (Å²) in [7, 11) is 1.26. The number of methoxy groups -OCH3 is 1. The lowest BCUT2D eigenvalue weighted by atomic mass is 10.2. The third kappa shape index (κ3) is 5.86. The molecule has 0 radical (unpaired) electrons. The lowest BCUT2D eigenvalue weighted by Crippen LogP contribution is -2.27. The number of nitrogens with zero attached hydrogens (tertiary/aromatic N) is 1. The number of hydrogen-bond donors (Lipinski definition) is 0. The molecular formula is C20H21NO8. The van der Waals surface area contributed by atoms with E-state index >= 15 is 0 Å². The molecule has 2 heterocycles. The van der Waals surface area contributed by atoms with E-state index < -0.39 is 12.3 Å². The second kappa shape index (κ2) is 10.9. The summed E-state index contributed by atoms with van der Waals surface area (Å²) < 4.78 is 23.1. The molecule has 0 N–H and O–H groups in total. The Labute approximate surface area is 166 Å². The van der Waals surface area contributed by atoms with Crippen molar-refractivity contribution in [1.29, 1.82) is 0 Å². The minimum atomic E-state index is -0.650. The van der Waals surface area contributed by atoms with E-state index in [1.165, 1.54) is 7.11 Å². The van der Waals surface area contributed by atoms with Crippen LogP contribution in [0.5, 0.6) is 5.75 Å². The second-order valence-corrected chi connectivity index (χ2v) is 5.99. The number of carbonyl (C=O) groups excluding carboxylic acids is 3. The summed E-state index contributed by atoms with van der Waals surface area (Å²) in [5, 5.41) is 0. The highest BCUT2D eigenvalue weighted by Gasteiger charge is 2.26.